The van der Waals surface area contributed by atoms with Gasteiger partial charge in [0.2, 0.25) is 11.6 Å². The minimum atomic E-state index is -0.732. The van der Waals surface area contributed by atoms with Crippen molar-refractivity contribution in [3.63, 3.8) is 0 Å². The number of rotatable bonds is 6. The van der Waals surface area contributed by atoms with Crippen molar-refractivity contribution in [3.8, 4) is 0 Å². The van der Waals surface area contributed by atoms with Crippen molar-refractivity contribution in [2.75, 3.05) is 0 Å². The highest BCUT2D eigenvalue weighted by atomic mass is 79.9. The maximum atomic E-state index is 11.9. The van der Waals surface area contributed by atoms with Gasteiger partial charge in [0.1, 0.15) is 12.1 Å². The summed E-state index contributed by atoms with van der Waals surface area (Å²) in [4.78, 5) is 28.4. The van der Waals surface area contributed by atoms with Gasteiger partial charge in [-0.1, -0.05) is 27.7 Å². The molecular formula is C15H10BrN3O3S. The molecule has 8 heteroatoms. The van der Waals surface area contributed by atoms with Crippen LogP contribution in [-0.4, -0.2) is 26.7 Å². The zero-order chi connectivity index (χ0) is 16.2. The summed E-state index contributed by atoms with van der Waals surface area (Å²) in [6, 6.07) is 11.2. The summed E-state index contributed by atoms with van der Waals surface area (Å²) >= 11 is 4.81. The molecule has 0 fully saturated rings. The maximum Gasteiger partial charge on any atom is 0.268 e. The number of Topliss-reactive ketones (excluding diaryl/α,β-unsaturated/α-hetero) is 2. The first kappa shape index (κ1) is 15.7. The van der Waals surface area contributed by atoms with Crippen LogP contribution in [0.1, 0.15) is 16.4 Å². The van der Waals surface area contributed by atoms with Crippen molar-refractivity contribution >= 4 is 39.3 Å². The summed E-state index contributed by atoms with van der Waals surface area (Å²) in [5.74, 6) is -1.05. The van der Waals surface area contributed by atoms with E-state index in [0.717, 1.165) is 9.37 Å². The number of hydrogen-bond donors (Lipinski definition) is 1. The molecule has 3 rings (SSSR count). The topological polar surface area (TPSA) is 88.9 Å². The van der Waals surface area contributed by atoms with Crippen LogP contribution in [0.25, 0.3) is 0 Å². The highest BCUT2D eigenvalue weighted by molar-refractivity contribution is 9.10. The van der Waals surface area contributed by atoms with E-state index in [9.17, 15) is 9.59 Å². The first-order valence-corrected chi connectivity index (χ1v) is 8.18. The van der Waals surface area contributed by atoms with E-state index in [0.29, 0.717) is 10.9 Å². The van der Waals surface area contributed by atoms with E-state index >= 15 is 0 Å². The number of ketones is 2. The Balaban J connectivity index is 1.64. The monoisotopic (exact) mass is 391 g/mol. The van der Waals surface area contributed by atoms with Crippen molar-refractivity contribution in [1.82, 2.24) is 15.2 Å². The molecule has 0 aliphatic carbocycles. The summed E-state index contributed by atoms with van der Waals surface area (Å²) in [5, 5.41) is 6.66. The Bertz CT molecular complexity index is 828. The Labute approximate surface area is 143 Å². The van der Waals surface area contributed by atoms with Gasteiger partial charge < -0.3 is 4.42 Å². The van der Waals surface area contributed by atoms with Gasteiger partial charge >= 0.3 is 0 Å². The normalized spacial score (nSPS) is 10.7. The van der Waals surface area contributed by atoms with Gasteiger partial charge in [-0.25, -0.2) is 4.98 Å². The largest absolute Gasteiger partial charge is 0.454 e. The number of nitrogens with zero attached hydrogens (tertiary/aromatic N) is 2. The molecule has 0 aliphatic rings. The quantitative estimate of drug-likeness (QED) is 0.512. The molecular weight excluding hydrogens is 382 g/mol. The van der Waals surface area contributed by atoms with E-state index in [-0.39, 0.29) is 12.2 Å². The van der Waals surface area contributed by atoms with Gasteiger partial charge in [-0.3, -0.25) is 14.7 Å². The third-order valence-electron chi connectivity index (χ3n) is 2.88. The van der Waals surface area contributed by atoms with Gasteiger partial charge in [0.15, 0.2) is 5.09 Å². The Morgan fingerprint density at radius 1 is 1.17 bits per heavy atom. The van der Waals surface area contributed by atoms with Crippen molar-refractivity contribution in [2.45, 2.75) is 16.4 Å². The summed E-state index contributed by atoms with van der Waals surface area (Å²) in [5.41, 5.74) is 0. The minimum Gasteiger partial charge on any atom is -0.454 e. The van der Waals surface area contributed by atoms with Crippen LogP contribution >= 0.6 is 27.7 Å². The fourth-order valence-electron chi connectivity index (χ4n) is 1.81. The van der Waals surface area contributed by atoms with Gasteiger partial charge in [0.05, 0.1) is 6.42 Å². The van der Waals surface area contributed by atoms with E-state index in [1.54, 1.807) is 12.1 Å². The lowest BCUT2D eigenvalue weighted by atomic mass is 10.1. The molecule has 2 aromatic heterocycles. The third kappa shape index (κ3) is 3.96. The van der Waals surface area contributed by atoms with Crippen LogP contribution in [0.3, 0.4) is 0 Å². The van der Waals surface area contributed by atoms with E-state index in [4.69, 9.17) is 4.42 Å². The van der Waals surface area contributed by atoms with Gasteiger partial charge in [-0.2, -0.15) is 0 Å². The second kappa shape index (κ2) is 6.93. The second-order valence-electron chi connectivity index (χ2n) is 4.53. The maximum absolute atomic E-state index is 11.9. The minimum absolute atomic E-state index is 0.117. The molecule has 0 unspecified atom stereocenters. The first-order valence-electron chi connectivity index (χ1n) is 6.57. The predicted octanol–water partition coefficient (Wildman–Crippen LogP) is 3.31. The lowest BCUT2D eigenvalue weighted by Gasteiger charge is -1.98. The summed E-state index contributed by atoms with van der Waals surface area (Å²) in [7, 11) is 0. The average molecular weight is 392 g/mol. The number of halogens is 1. The Hall–Kier alpha value is -2.19. The Morgan fingerprint density at radius 3 is 2.65 bits per heavy atom. The average Bonchev–Trinajstić information content (AvgIpc) is 3.21. The molecule has 0 saturated carbocycles. The van der Waals surface area contributed by atoms with Crippen molar-refractivity contribution in [1.29, 1.82) is 0 Å². The smallest absolute Gasteiger partial charge is 0.268 e. The van der Waals surface area contributed by atoms with Crippen LogP contribution < -0.4 is 0 Å². The zero-order valence-electron chi connectivity index (χ0n) is 11.7. The zero-order valence-corrected chi connectivity index (χ0v) is 14.1. The first-order chi connectivity index (χ1) is 11.1. The lowest BCUT2D eigenvalue weighted by Crippen LogP contribution is -2.17. The molecule has 0 amide bonds. The standard InChI is InChI=1S/C15H10BrN3O3S/c16-9-1-4-11(5-2-9)23-13-6-3-10(22-13)7-12(20)14(21)15-17-8-18-19-15/h1-6,8H,7H2,(H,17,18,19). The molecule has 23 heavy (non-hydrogen) atoms. The van der Waals surface area contributed by atoms with Gasteiger partial charge in [-0.15, -0.1) is 5.10 Å². The number of furan rings is 1. The molecule has 0 saturated heterocycles. The van der Waals surface area contributed by atoms with Crippen molar-refractivity contribution in [2.24, 2.45) is 0 Å². The molecule has 1 aromatic carbocycles. The fraction of sp³-hybridized carbons (Fsp3) is 0.0667. The number of aromatic nitrogens is 3. The van der Waals surface area contributed by atoms with E-state index < -0.39 is 11.6 Å². The molecule has 3 aromatic rings. The molecule has 2 heterocycles. The third-order valence-corrected chi connectivity index (χ3v) is 4.33. The van der Waals surface area contributed by atoms with Crippen LogP contribution in [0.2, 0.25) is 0 Å². The number of nitrogens with one attached hydrogen (secondary N) is 1. The Kier molecular flexibility index (Phi) is 4.73. The fourth-order valence-corrected chi connectivity index (χ4v) is 2.86. The van der Waals surface area contributed by atoms with Crippen molar-refractivity contribution < 1.29 is 14.0 Å². The summed E-state index contributed by atoms with van der Waals surface area (Å²) in [6.45, 7) is 0. The van der Waals surface area contributed by atoms with Gasteiger partial charge in [-0.05, 0) is 36.4 Å². The number of hydrogen-bond acceptors (Lipinski definition) is 6. The van der Waals surface area contributed by atoms with Crippen LogP contribution in [-0.2, 0) is 11.2 Å². The molecule has 1 N–H and O–H groups in total. The van der Waals surface area contributed by atoms with Gasteiger partial charge in [0.25, 0.3) is 5.78 Å². The highest BCUT2D eigenvalue weighted by Gasteiger charge is 2.21. The molecule has 0 atom stereocenters. The summed E-state index contributed by atoms with van der Waals surface area (Å²) in [6.07, 6.45) is 1.13. The predicted molar refractivity (Wildman–Crippen MR) is 86.4 cm³/mol. The van der Waals surface area contributed by atoms with Crippen LogP contribution in [0, 0.1) is 0 Å². The van der Waals surface area contributed by atoms with Crippen LogP contribution in [0.15, 0.2) is 61.6 Å². The number of carbonyl (C=O) groups excluding carboxylic acids is 2. The van der Waals surface area contributed by atoms with E-state index in [1.807, 2.05) is 24.3 Å². The van der Waals surface area contributed by atoms with E-state index in [2.05, 4.69) is 31.1 Å². The lowest BCUT2D eigenvalue weighted by molar-refractivity contribution is -0.114. The second-order valence-corrected chi connectivity index (χ2v) is 6.52. The Morgan fingerprint density at radius 2 is 1.96 bits per heavy atom. The van der Waals surface area contributed by atoms with Crippen molar-refractivity contribution in [3.05, 3.63) is 58.8 Å². The molecule has 0 spiro atoms. The van der Waals surface area contributed by atoms with Gasteiger partial charge in [0, 0.05) is 9.37 Å². The SMILES string of the molecule is O=C(Cc1ccc(Sc2ccc(Br)cc2)o1)C(=O)c1nc[nH]n1. The van der Waals surface area contributed by atoms with E-state index in [1.165, 1.54) is 18.1 Å². The molecule has 0 radical (unpaired) electrons. The highest BCUT2D eigenvalue weighted by Crippen LogP contribution is 2.30. The van der Waals surface area contributed by atoms with Crippen LogP contribution in [0.5, 0.6) is 0 Å². The molecule has 6 nitrogen and oxygen atoms in total. The molecule has 0 bridgehead atoms. The molecule has 0 aliphatic heterocycles. The number of H-pyrrole nitrogens is 1. The number of benzene rings is 1. The van der Waals surface area contributed by atoms with Crippen LogP contribution in [0.4, 0.5) is 0 Å². The summed E-state index contributed by atoms with van der Waals surface area (Å²) < 4.78 is 6.58. The number of aromatic amines is 1. The number of carbonyl (C=O) groups is 2. The molecule has 116 valence electrons.